The molecule has 0 radical (unpaired) electrons. The largest absolute Gasteiger partial charge is 0.300 e. The monoisotopic (exact) mass is 198 g/mol. The van der Waals surface area contributed by atoms with Crippen LogP contribution in [-0.4, -0.2) is 5.78 Å². The molecule has 1 aromatic rings. The van der Waals surface area contributed by atoms with E-state index in [2.05, 4.69) is 0 Å². The Balaban J connectivity index is 3.18. The van der Waals surface area contributed by atoms with Crippen molar-refractivity contribution in [2.24, 2.45) is 0 Å². The van der Waals surface area contributed by atoms with Gasteiger partial charge in [-0.15, -0.1) is 0 Å². The van der Waals surface area contributed by atoms with Gasteiger partial charge < -0.3 is 0 Å². The summed E-state index contributed by atoms with van der Waals surface area (Å²) in [5.74, 6) is -1.46. The first-order chi connectivity index (χ1) is 6.56. The van der Waals surface area contributed by atoms with Crippen LogP contribution in [0.15, 0.2) is 12.1 Å². The van der Waals surface area contributed by atoms with E-state index < -0.39 is 11.6 Å². The molecule has 0 amide bonds. The first-order valence-electron chi connectivity index (χ1n) is 4.51. The Morgan fingerprint density at radius 1 is 1.36 bits per heavy atom. The number of ketones is 1. The summed E-state index contributed by atoms with van der Waals surface area (Å²) in [6, 6.07) is 2.62. The highest BCUT2D eigenvalue weighted by molar-refractivity contribution is 5.78. The van der Waals surface area contributed by atoms with E-state index in [4.69, 9.17) is 0 Å². The highest BCUT2D eigenvalue weighted by Gasteiger charge is 2.13. The van der Waals surface area contributed by atoms with Gasteiger partial charge in [0.15, 0.2) is 0 Å². The Morgan fingerprint density at radius 3 is 2.50 bits per heavy atom. The average Bonchev–Trinajstić information content (AvgIpc) is 2.12. The van der Waals surface area contributed by atoms with Crippen LogP contribution in [0.5, 0.6) is 0 Å². The second kappa shape index (κ2) is 4.31. The molecule has 0 fully saturated rings. The summed E-state index contributed by atoms with van der Waals surface area (Å²) in [6.07, 6.45) is 0.322. The van der Waals surface area contributed by atoms with E-state index in [-0.39, 0.29) is 17.8 Å². The third kappa shape index (κ3) is 2.16. The van der Waals surface area contributed by atoms with Crippen molar-refractivity contribution in [3.05, 3.63) is 34.9 Å². The van der Waals surface area contributed by atoms with Crippen molar-refractivity contribution < 1.29 is 13.6 Å². The minimum atomic E-state index is -0.644. The van der Waals surface area contributed by atoms with Crippen LogP contribution in [-0.2, 0) is 17.6 Å². The number of hydrogen-bond acceptors (Lipinski definition) is 1. The fraction of sp³-hybridized carbons (Fsp3) is 0.364. The predicted molar refractivity (Wildman–Crippen MR) is 50.1 cm³/mol. The lowest BCUT2D eigenvalue weighted by Gasteiger charge is -2.06. The van der Waals surface area contributed by atoms with Crippen LogP contribution >= 0.6 is 0 Å². The minimum Gasteiger partial charge on any atom is -0.300 e. The van der Waals surface area contributed by atoms with Gasteiger partial charge in [-0.1, -0.05) is 13.0 Å². The molecular weight excluding hydrogens is 186 g/mol. The molecule has 0 saturated heterocycles. The Bertz CT molecular complexity index is 359. The summed E-state index contributed by atoms with van der Waals surface area (Å²) >= 11 is 0. The van der Waals surface area contributed by atoms with Crippen LogP contribution in [0.1, 0.15) is 25.0 Å². The van der Waals surface area contributed by atoms with Gasteiger partial charge in [0.2, 0.25) is 0 Å². The van der Waals surface area contributed by atoms with E-state index in [1.807, 2.05) is 0 Å². The molecule has 0 aliphatic heterocycles. The second-order valence-electron chi connectivity index (χ2n) is 3.23. The Morgan fingerprint density at radius 2 is 2.00 bits per heavy atom. The molecule has 0 N–H and O–H groups in total. The highest BCUT2D eigenvalue weighted by atomic mass is 19.1. The van der Waals surface area contributed by atoms with Crippen molar-refractivity contribution in [1.82, 2.24) is 0 Å². The third-order valence-electron chi connectivity index (χ3n) is 2.07. The molecule has 14 heavy (non-hydrogen) atoms. The number of rotatable bonds is 3. The van der Waals surface area contributed by atoms with E-state index in [1.54, 1.807) is 6.92 Å². The predicted octanol–water partition coefficient (Wildman–Crippen LogP) is 2.66. The molecule has 0 aromatic heterocycles. The van der Waals surface area contributed by atoms with E-state index in [1.165, 1.54) is 19.1 Å². The number of hydrogen-bond donors (Lipinski definition) is 0. The van der Waals surface area contributed by atoms with Crippen LogP contribution in [0.4, 0.5) is 8.78 Å². The molecule has 0 aliphatic rings. The minimum absolute atomic E-state index is 0.114. The van der Waals surface area contributed by atoms with Crippen molar-refractivity contribution >= 4 is 5.78 Å². The number of carbonyl (C=O) groups is 1. The summed E-state index contributed by atoms with van der Waals surface area (Å²) in [7, 11) is 0. The zero-order valence-corrected chi connectivity index (χ0v) is 8.23. The molecule has 0 aliphatic carbocycles. The molecule has 0 saturated carbocycles. The molecule has 0 heterocycles. The summed E-state index contributed by atoms with van der Waals surface area (Å²) < 4.78 is 26.6. The van der Waals surface area contributed by atoms with Crippen LogP contribution in [0.3, 0.4) is 0 Å². The number of benzene rings is 1. The lowest BCUT2D eigenvalue weighted by molar-refractivity contribution is -0.116. The topological polar surface area (TPSA) is 17.1 Å². The SMILES string of the molecule is CCc1ccc(F)c(CC(C)=O)c1F. The van der Waals surface area contributed by atoms with E-state index in [0.29, 0.717) is 12.0 Å². The van der Waals surface area contributed by atoms with Crippen molar-refractivity contribution in [3.8, 4) is 0 Å². The third-order valence-corrected chi connectivity index (χ3v) is 2.07. The molecule has 0 bridgehead atoms. The molecular formula is C11H12F2O. The fourth-order valence-electron chi connectivity index (χ4n) is 1.33. The van der Waals surface area contributed by atoms with Crippen molar-refractivity contribution in [1.29, 1.82) is 0 Å². The molecule has 1 nitrogen and oxygen atoms in total. The lowest BCUT2D eigenvalue weighted by Crippen LogP contribution is -2.05. The maximum Gasteiger partial charge on any atom is 0.134 e. The number of aryl methyl sites for hydroxylation is 1. The second-order valence-corrected chi connectivity index (χ2v) is 3.23. The van der Waals surface area contributed by atoms with Gasteiger partial charge in [-0.05, 0) is 25.0 Å². The van der Waals surface area contributed by atoms with Gasteiger partial charge in [0.25, 0.3) is 0 Å². The van der Waals surface area contributed by atoms with Crippen molar-refractivity contribution in [2.45, 2.75) is 26.7 Å². The maximum absolute atomic E-state index is 13.5. The Kier molecular flexibility index (Phi) is 3.33. The van der Waals surface area contributed by atoms with Crippen LogP contribution in [0.2, 0.25) is 0 Å². The summed E-state index contributed by atoms with van der Waals surface area (Å²) in [5, 5.41) is 0. The highest BCUT2D eigenvalue weighted by Crippen LogP contribution is 2.18. The molecule has 76 valence electrons. The maximum atomic E-state index is 13.5. The molecule has 1 rings (SSSR count). The van der Waals surface area contributed by atoms with E-state index in [9.17, 15) is 13.6 Å². The molecule has 0 atom stereocenters. The molecule has 0 spiro atoms. The Labute approximate surface area is 81.7 Å². The van der Waals surface area contributed by atoms with Gasteiger partial charge in [-0.3, -0.25) is 4.79 Å². The fourth-order valence-corrected chi connectivity index (χ4v) is 1.33. The number of halogens is 2. The van der Waals surface area contributed by atoms with Crippen molar-refractivity contribution in [2.75, 3.05) is 0 Å². The van der Waals surface area contributed by atoms with Gasteiger partial charge in [-0.25, -0.2) is 8.78 Å². The number of Topliss-reactive ketones (excluding diaryl/α,β-unsaturated/α-hetero) is 1. The molecule has 0 unspecified atom stereocenters. The van der Waals surface area contributed by atoms with E-state index in [0.717, 1.165) is 0 Å². The quantitative estimate of drug-likeness (QED) is 0.729. The van der Waals surface area contributed by atoms with Crippen LogP contribution in [0.25, 0.3) is 0 Å². The zero-order chi connectivity index (χ0) is 10.7. The van der Waals surface area contributed by atoms with E-state index >= 15 is 0 Å². The number of carbonyl (C=O) groups excluding carboxylic acids is 1. The van der Waals surface area contributed by atoms with Gasteiger partial charge in [0.1, 0.15) is 17.4 Å². The summed E-state index contributed by atoms with van der Waals surface area (Å²) in [5.41, 5.74) is 0.333. The molecule has 1 aromatic carbocycles. The lowest BCUT2D eigenvalue weighted by atomic mass is 10.0. The van der Waals surface area contributed by atoms with Gasteiger partial charge in [0, 0.05) is 12.0 Å². The summed E-state index contributed by atoms with van der Waals surface area (Å²) in [4.78, 5) is 10.8. The first-order valence-corrected chi connectivity index (χ1v) is 4.51. The zero-order valence-electron chi connectivity index (χ0n) is 8.23. The molecule has 3 heteroatoms. The Hall–Kier alpha value is -1.25. The summed E-state index contributed by atoms with van der Waals surface area (Å²) in [6.45, 7) is 3.10. The standard InChI is InChI=1S/C11H12F2O/c1-3-8-4-5-10(12)9(11(8)13)6-7(2)14/h4-5H,3,6H2,1-2H3. The van der Waals surface area contributed by atoms with Crippen molar-refractivity contribution in [3.63, 3.8) is 0 Å². The van der Waals surface area contributed by atoms with Gasteiger partial charge >= 0.3 is 0 Å². The van der Waals surface area contributed by atoms with Crippen LogP contribution < -0.4 is 0 Å². The normalized spacial score (nSPS) is 10.3. The first kappa shape index (κ1) is 10.8. The van der Waals surface area contributed by atoms with Crippen LogP contribution in [0, 0.1) is 11.6 Å². The van der Waals surface area contributed by atoms with Gasteiger partial charge in [-0.2, -0.15) is 0 Å². The smallest absolute Gasteiger partial charge is 0.134 e. The average molecular weight is 198 g/mol. The van der Waals surface area contributed by atoms with Gasteiger partial charge in [0.05, 0.1) is 0 Å².